The van der Waals surface area contributed by atoms with E-state index in [1.165, 1.54) is 12.1 Å². The summed E-state index contributed by atoms with van der Waals surface area (Å²) >= 11 is 5.82. The third-order valence-electron chi connectivity index (χ3n) is 5.69. The highest BCUT2D eigenvalue weighted by Crippen LogP contribution is 2.35. The number of amides is 2. The van der Waals surface area contributed by atoms with Crippen LogP contribution in [0.3, 0.4) is 0 Å². The number of pyridine rings is 1. The fraction of sp³-hybridized carbons (Fsp3) is 0.435. The Balaban J connectivity index is 1.69. The SMILES string of the molecule is C[C@H]1COc2nc(C(=O)NC[C@H]3CCOC3)c(Cc3ccc(F)cc3)cc2N1C(=O)CCl. The third kappa shape index (κ3) is 4.86. The lowest BCUT2D eigenvalue weighted by Gasteiger charge is -2.34. The van der Waals surface area contributed by atoms with E-state index < -0.39 is 0 Å². The van der Waals surface area contributed by atoms with Gasteiger partial charge in [0.05, 0.1) is 12.6 Å². The van der Waals surface area contributed by atoms with E-state index in [0.29, 0.717) is 37.4 Å². The van der Waals surface area contributed by atoms with Gasteiger partial charge in [-0.1, -0.05) is 12.1 Å². The van der Waals surface area contributed by atoms with E-state index in [2.05, 4.69) is 10.3 Å². The molecule has 1 aromatic heterocycles. The number of rotatable bonds is 6. The van der Waals surface area contributed by atoms with E-state index in [1.807, 2.05) is 6.92 Å². The number of hydrogen-bond acceptors (Lipinski definition) is 5. The number of carbonyl (C=O) groups excluding carboxylic acids is 2. The van der Waals surface area contributed by atoms with Crippen LogP contribution in [0, 0.1) is 11.7 Å². The van der Waals surface area contributed by atoms with E-state index >= 15 is 0 Å². The molecule has 1 saturated heterocycles. The molecule has 7 nitrogen and oxygen atoms in total. The number of anilines is 1. The van der Waals surface area contributed by atoms with Crippen LogP contribution < -0.4 is 15.0 Å². The second-order valence-corrected chi connectivity index (χ2v) is 8.39. The molecule has 3 heterocycles. The number of ether oxygens (including phenoxy) is 2. The Hall–Kier alpha value is -2.71. The predicted octanol–water partition coefficient (Wildman–Crippen LogP) is 2.93. The molecule has 9 heteroatoms. The first kappa shape index (κ1) is 22.5. The summed E-state index contributed by atoms with van der Waals surface area (Å²) in [5.74, 6) is -0.617. The van der Waals surface area contributed by atoms with Crippen molar-refractivity contribution in [2.75, 3.05) is 37.1 Å². The fourth-order valence-electron chi connectivity index (χ4n) is 3.98. The summed E-state index contributed by atoms with van der Waals surface area (Å²) < 4.78 is 24.5. The van der Waals surface area contributed by atoms with Crippen LogP contribution in [0.4, 0.5) is 10.1 Å². The zero-order chi connectivity index (χ0) is 22.7. The minimum Gasteiger partial charge on any atom is -0.474 e. The normalized spacial score (nSPS) is 19.9. The summed E-state index contributed by atoms with van der Waals surface area (Å²) in [5.41, 5.74) is 2.12. The Morgan fingerprint density at radius 1 is 1.28 bits per heavy atom. The number of nitrogens with zero attached hydrogens (tertiary/aromatic N) is 2. The van der Waals surface area contributed by atoms with Crippen LogP contribution in [-0.4, -0.2) is 55.1 Å². The average Bonchev–Trinajstić information content (AvgIpc) is 3.32. The molecule has 2 aliphatic heterocycles. The van der Waals surface area contributed by atoms with Gasteiger partial charge in [-0.25, -0.2) is 9.37 Å². The summed E-state index contributed by atoms with van der Waals surface area (Å²) in [4.78, 5) is 31.6. The molecule has 0 bridgehead atoms. The number of hydrogen-bond donors (Lipinski definition) is 1. The van der Waals surface area contributed by atoms with E-state index in [1.54, 1.807) is 23.1 Å². The number of alkyl halides is 1. The first-order valence-corrected chi connectivity index (χ1v) is 11.1. The molecule has 1 N–H and O–H groups in total. The van der Waals surface area contributed by atoms with E-state index in [4.69, 9.17) is 21.1 Å². The maximum absolute atomic E-state index is 13.4. The molecule has 0 unspecified atom stereocenters. The molecule has 1 aromatic carbocycles. The monoisotopic (exact) mass is 461 g/mol. The highest BCUT2D eigenvalue weighted by molar-refractivity contribution is 6.29. The molecule has 0 aliphatic carbocycles. The zero-order valence-corrected chi connectivity index (χ0v) is 18.5. The van der Waals surface area contributed by atoms with Crippen molar-refractivity contribution in [2.45, 2.75) is 25.8 Å². The van der Waals surface area contributed by atoms with Gasteiger partial charge in [0.25, 0.3) is 5.91 Å². The molecular formula is C23H25ClFN3O4. The van der Waals surface area contributed by atoms with Crippen molar-refractivity contribution in [3.05, 3.63) is 53.0 Å². The van der Waals surface area contributed by atoms with Crippen molar-refractivity contribution >= 4 is 29.1 Å². The number of carbonyl (C=O) groups is 2. The van der Waals surface area contributed by atoms with Crippen LogP contribution in [-0.2, 0) is 16.0 Å². The molecule has 1 fully saturated rings. The Kier molecular flexibility index (Phi) is 6.91. The molecule has 2 amide bonds. The van der Waals surface area contributed by atoms with Crippen molar-refractivity contribution in [2.24, 2.45) is 5.92 Å². The molecule has 2 aromatic rings. The summed E-state index contributed by atoms with van der Waals surface area (Å²) in [7, 11) is 0. The Morgan fingerprint density at radius 2 is 2.06 bits per heavy atom. The Bertz CT molecular complexity index is 995. The van der Waals surface area contributed by atoms with Crippen LogP contribution in [0.1, 0.15) is 35.0 Å². The minimum absolute atomic E-state index is 0.178. The van der Waals surface area contributed by atoms with Gasteiger partial charge in [-0.2, -0.15) is 0 Å². The van der Waals surface area contributed by atoms with Crippen LogP contribution in [0.5, 0.6) is 5.88 Å². The molecule has 32 heavy (non-hydrogen) atoms. The highest BCUT2D eigenvalue weighted by atomic mass is 35.5. The molecule has 4 rings (SSSR count). The molecule has 0 radical (unpaired) electrons. The van der Waals surface area contributed by atoms with Gasteiger partial charge in [0, 0.05) is 19.1 Å². The van der Waals surface area contributed by atoms with E-state index in [-0.39, 0.29) is 53.7 Å². The number of fused-ring (bicyclic) bond motifs is 1. The number of aromatic nitrogens is 1. The van der Waals surface area contributed by atoms with Crippen LogP contribution in [0.15, 0.2) is 30.3 Å². The minimum atomic E-state index is -0.338. The lowest BCUT2D eigenvalue weighted by atomic mass is 10.0. The first-order chi connectivity index (χ1) is 15.5. The van der Waals surface area contributed by atoms with Crippen molar-refractivity contribution in [3.8, 4) is 5.88 Å². The Labute approximate surface area is 190 Å². The zero-order valence-electron chi connectivity index (χ0n) is 17.8. The lowest BCUT2D eigenvalue weighted by Crippen LogP contribution is -2.46. The summed E-state index contributed by atoms with van der Waals surface area (Å²) in [5, 5.41) is 2.94. The molecule has 0 saturated carbocycles. The molecule has 0 spiro atoms. The van der Waals surface area contributed by atoms with Crippen molar-refractivity contribution in [3.63, 3.8) is 0 Å². The Morgan fingerprint density at radius 3 is 2.75 bits per heavy atom. The topological polar surface area (TPSA) is 80.8 Å². The second kappa shape index (κ2) is 9.83. The van der Waals surface area contributed by atoms with E-state index in [0.717, 1.165) is 12.0 Å². The predicted molar refractivity (Wildman–Crippen MR) is 118 cm³/mol. The highest BCUT2D eigenvalue weighted by Gasteiger charge is 2.32. The van der Waals surface area contributed by atoms with Gasteiger partial charge < -0.3 is 19.7 Å². The van der Waals surface area contributed by atoms with Gasteiger partial charge in [-0.3, -0.25) is 9.59 Å². The van der Waals surface area contributed by atoms with Gasteiger partial charge >= 0.3 is 0 Å². The van der Waals surface area contributed by atoms with Crippen molar-refractivity contribution in [1.29, 1.82) is 0 Å². The van der Waals surface area contributed by atoms with Crippen LogP contribution in [0.25, 0.3) is 0 Å². The maximum atomic E-state index is 13.4. The van der Waals surface area contributed by atoms with Crippen LogP contribution >= 0.6 is 11.6 Å². The molecule has 170 valence electrons. The third-order valence-corrected chi connectivity index (χ3v) is 5.92. The standard InChI is InChI=1S/C23H25ClFN3O4/c1-14-12-32-23-19(28(14)20(29)10-24)9-17(8-15-2-4-18(25)5-3-15)21(27-23)22(30)26-11-16-6-7-31-13-16/h2-5,9,14,16H,6-8,10-13H2,1H3,(H,26,30)/t14-,16+/m0/s1. The molecular weight excluding hydrogens is 437 g/mol. The summed E-state index contributed by atoms with van der Waals surface area (Å²) in [6, 6.07) is 7.58. The fourth-order valence-corrected chi connectivity index (χ4v) is 4.11. The van der Waals surface area contributed by atoms with Gasteiger partial charge in [-0.05, 0) is 49.1 Å². The largest absolute Gasteiger partial charge is 0.474 e. The smallest absolute Gasteiger partial charge is 0.270 e. The number of halogens is 2. The maximum Gasteiger partial charge on any atom is 0.270 e. The summed E-state index contributed by atoms with van der Waals surface area (Å²) in [6.45, 7) is 3.92. The summed E-state index contributed by atoms with van der Waals surface area (Å²) in [6.07, 6.45) is 1.24. The number of nitrogens with one attached hydrogen (secondary N) is 1. The lowest BCUT2D eigenvalue weighted by molar-refractivity contribution is -0.117. The molecule has 2 aliphatic rings. The van der Waals surface area contributed by atoms with Crippen molar-refractivity contribution in [1.82, 2.24) is 10.3 Å². The number of benzene rings is 1. The van der Waals surface area contributed by atoms with E-state index in [9.17, 15) is 14.0 Å². The second-order valence-electron chi connectivity index (χ2n) is 8.12. The molecule has 2 atom stereocenters. The van der Waals surface area contributed by atoms with Crippen molar-refractivity contribution < 1.29 is 23.5 Å². The average molecular weight is 462 g/mol. The first-order valence-electron chi connectivity index (χ1n) is 10.6. The van der Waals surface area contributed by atoms with Gasteiger partial charge in [0.2, 0.25) is 11.8 Å². The van der Waals surface area contributed by atoms with Gasteiger partial charge in [0.1, 0.15) is 29.7 Å². The van der Waals surface area contributed by atoms with Gasteiger partial charge in [-0.15, -0.1) is 11.6 Å². The quantitative estimate of drug-likeness (QED) is 0.669. The van der Waals surface area contributed by atoms with Gasteiger partial charge in [0.15, 0.2) is 0 Å². The van der Waals surface area contributed by atoms with Crippen LogP contribution in [0.2, 0.25) is 0 Å².